The highest BCUT2D eigenvalue weighted by molar-refractivity contribution is 7.07. The van der Waals surface area contributed by atoms with Gasteiger partial charge in [-0.1, -0.05) is 6.58 Å². The third-order valence-electron chi connectivity index (χ3n) is 1.80. The summed E-state index contributed by atoms with van der Waals surface area (Å²) in [5, 5.41) is 17.4. The monoisotopic (exact) mass is 224 g/mol. The number of carboxylic acid groups (broad SMARTS) is 1. The number of hydrogen-bond donors (Lipinski definition) is 1. The molecule has 0 aromatic carbocycles. The van der Waals surface area contributed by atoms with E-state index in [1.54, 1.807) is 13.0 Å². The summed E-state index contributed by atoms with van der Waals surface area (Å²) in [6.45, 7) is 5.52. The quantitative estimate of drug-likeness (QED) is 0.705. The molecule has 15 heavy (non-hydrogen) atoms. The molecule has 0 saturated heterocycles. The van der Waals surface area contributed by atoms with E-state index in [1.165, 1.54) is 4.57 Å². The van der Waals surface area contributed by atoms with E-state index < -0.39 is 11.5 Å². The highest BCUT2D eigenvalue weighted by atomic mass is 32.1. The van der Waals surface area contributed by atoms with Crippen molar-refractivity contribution in [2.45, 2.75) is 13.5 Å². The molecule has 0 fully saturated rings. The number of nitrogens with zero attached hydrogens (tertiary/aromatic N) is 2. The van der Waals surface area contributed by atoms with Crippen LogP contribution in [0, 0.1) is 11.3 Å². The summed E-state index contributed by atoms with van der Waals surface area (Å²) in [4.78, 5) is 22.2. The predicted octanol–water partition coefficient (Wildman–Crippen LogP) is -0.901. The van der Waals surface area contributed by atoms with Crippen LogP contribution < -0.4 is 14.8 Å². The maximum Gasteiger partial charge on any atom is 0.349 e. The highest BCUT2D eigenvalue weighted by Gasteiger charge is 2.12. The minimum Gasteiger partial charge on any atom is -0.477 e. The number of rotatable bonds is 2. The Hall–Kier alpha value is -1.87. The van der Waals surface area contributed by atoms with Crippen molar-refractivity contribution in [1.82, 2.24) is 4.57 Å². The van der Waals surface area contributed by atoms with Crippen LogP contribution in [0.4, 0.5) is 0 Å². The van der Waals surface area contributed by atoms with Crippen molar-refractivity contribution < 1.29 is 9.90 Å². The zero-order valence-corrected chi connectivity index (χ0v) is 8.80. The number of nitriles is 1. The van der Waals surface area contributed by atoms with Gasteiger partial charge >= 0.3 is 5.97 Å². The summed E-state index contributed by atoms with van der Waals surface area (Å²) in [5.41, 5.74) is -0.764. The second-order valence-corrected chi connectivity index (χ2v) is 3.76. The Kier molecular flexibility index (Phi) is 3.07. The Morgan fingerprint density at radius 2 is 2.33 bits per heavy atom. The van der Waals surface area contributed by atoms with E-state index in [0.717, 1.165) is 11.3 Å². The molecule has 1 heterocycles. The summed E-state index contributed by atoms with van der Waals surface area (Å²) >= 11 is 0.926. The molecule has 1 aromatic rings. The Balaban J connectivity index is 3.87. The summed E-state index contributed by atoms with van der Waals surface area (Å²) in [6.07, 6.45) is 0. The molecule has 5 nitrogen and oxygen atoms in total. The van der Waals surface area contributed by atoms with Crippen LogP contribution in [0.5, 0.6) is 0 Å². The smallest absolute Gasteiger partial charge is 0.349 e. The van der Waals surface area contributed by atoms with Gasteiger partial charge in [-0.3, -0.25) is 9.36 Å². The molecule has 0 atom stereocenters. The van der Waals surface area contributed by atoms with Crippen LogP contribution in [0.2, 0.25) is 0 Å². The molecule has 0 bridgehead atoms. The van der Waals surface area contributed by atoms with Gasteiger partial charge in [0.05, 0.1) is 4.53 Å². The molecule has 78 valence electrons. The van der Waals surface area contributed by atoms with Crippen molar-refractivity contribution >= 4 is 29.5 Å². The van der Waals surface area contributed by atoms with Crippen LogP contribution in [0.1, 0.15) is 6.92 Å². The molecule has 0 amide bonds. The molecular formula is C9H8N2O3S. The molecule has 6 heteroatoms. The summed E-state index contributed by atoms with van der Waals surface area (Å²) in [5.74, 6) is -1.33. The SMILES string of the molecule is C=c1s/c(=C(/C#N)C(=O)O)n(CC)c1=O. The van der Waals surface area contributed by atoms with Crippen molar-refractivity contribution in [3.05, 3.63) is 19.5 Å². The fraction of sp³-hybridized carbons (Fsp3) is 0.222. The topological polar surface area (TPSA) is 83.1 Å². The lowest BCUT2D eigenvalue weighted by Crippen LogP contribution is -2.31. The Bertz CT molecular complexity index is 603. The van der Waals surface area contributed by atoms with Crippen molar-refractivity contribution in [2.75, 3.05) is 0 Å². The average Bonchev–Trinajstić information content (AvgIpc) is 2.44. The third-order valence-corrected chi connectivity index (χ3v) is 2.84. The minimum absolute atomic E-state index is 0.155. The first-order valence-corrected chi connectivity index (χ1v) is 4.90. The first-order chi connectivity index (χ1) is 7.02. The summed E-state index contributed by atoms with van der Waals surface area (Å²) in [6, 6.07) is 1.57. The van der Waals surface area contributed by atoms with Crippen LogP contribution >= 0.6 is 11.3 Å². The van der Waals surface area contributed by atoms with Gasteiger partial charge in [0.1, 0.15) is 10.7 Å². The lowest BCUT2D eigenvalue weighted by atomic mass is 10.3. The second-order valence-electron chi connectivity index (χ2n) is 2.67. The number of hydrogen-bond acceptors (Lipinski definition) is 4. The molecular weight excluding hydrogens is 216 g/mol. The molecule has 0 aliphatic heterocycles. The lowest BCUT2D eigenvalue weighted by molar-refractivity contribution is -0.130. The molecule has 0 saturated carbocycles. The molecule has 1 N–H and O–H groups in total. The number of thiazole rings is 1. The minimum atomic E-state index is -1.33. The standard InChI is InChI=1S/C9H8N2O3S/c1-3-11-7(12)5(2)15-8(11)6(4-10)9(13)14/h2-3H2,1H3,(H,13,14)/b8-6-. The molecule has 0 unspecified atom stereocenters. The zero-order valence-electron chi connectivity index (χ0n) is 7.98. The average molecular weight is 224 g/mol. The largest absolute Gasteiger partial charge is 0.477 e. The maximum absolute atomic E-state index is 11.5. The van der Waals surface area contributed by atoms with Crippen molar-refractivity contribution in [3.63, 3.8) is 0 Å². The lowest BCUT2D eigenvalue weighted by Gasteiger charge is -1.95. The molecule has 0 aliphatic carbocycles. The number of carboxylic acids is 1. The third kappa shape index (κ3) is 1.82. The number of carbonyl (C=O) groups is 1. The van der Waals surface area contributed by atoms with Crippen LogP contribution in [0.25, 0.3) is 12.2 Å². The van der Waals surface area contributed by atoms with Crippen LogP contribution in [-0.4, -0.2) is 15.6 Å². The number of aliphatic carboxylic acids is 1. The highest BCUT2D eigenvalue weighted by Crippen LogP contribution is 1.91. The Labute approximate surface area is 88.8 Å². The van der Waals surface area contributed by atoms with Crippen molar-refractivity contribution in [2.24, 2.45) is 0 Å². The van der Waals surface area contributed by atoms with E-state index in [0.29, 0.717) is 6.54 Å². The van der Waals surface area contributed by atoms with Crippen LogP contribution in [0.15, 0.2) is 4.79 Å². The zero-order chi connectivity index (χ0) is 11.6. The van der Waals surface area contributed by atoms with Crippen LogP contribution in [0.3, 0.4) is 0 Å². The normalized spacial score (nSPS) is 12.0. The Morgan fingerprint density at radius 3 is 2.73 bits per heavy atom. The molecule has 0 spiro atoms. The second kappa shape index (κ2) is 4.11. The Morgan fingerprint density at radius 1 is 1.73 bits per heavy atom. The first-order valence-electron chi connectivity index (χ1n) is 4.09. The van der Waals surface area contributed by atoms with Crippen LogP contribution in [-0.2, 0) is 11.3 Å². The van der Waals surface area contributed by atoms with Gasteiger partial charge in [-0.25, -0.2) is 4.79 Å². The van der Waals surface area contributed by atoms with Gasteiger partial charge < -0.3 is 5.11 Å². The van der Waals surface area contributed by atoms with Gasteiger partial charge in [0.2, 0.25) is 0 Å². The van der Waals surface area contributed by atoms with E-state index in [1.807, 2.05) is 0 Å². The first kappa shape index (κ1) is 11.2. The van der Waals surface area contributed by atoms with E-state index in [9.17, 15) is 9.59 Å². The van der Waals surface area contributed by atoms with Gasteiger partial charge in [-0.2, -0.15) is 5.26 Å². The summed E-state index contributed by atoms with van der Waals surface area (Å²) in [7, 11) is 0. The predicted molar refractivity (Wildman–Crippen MR) is 55.7 cm³/mol. The van der Waals surface area contributed by atoms with E-state index in [-0.39, 0.29) is 14.8 Å². The maximum atomic E-state index is 11.5. The molecule has 1 rings (SSSR count). The van der Waals surface area contributed by atoms with E-state index in [4.69, 9.17) is 10.4 Å². The van der Waals surface area contributed by atoms with Crippen molar-refractivity contribution in [3.8, 4) is 6.07 Å². The fourth-order valence-corrected chi connectivity index (χ4v) is 2.11. The van der Waals surface area contributed by atoms with Gasteiger partial charge in [-0.15, -0.1) is 11.3 Å². The fourth-order valence-electron chi connectivity index (χ4n) is 1.12. The van der Waals surface area contributed by atoms with Gasteiger partial charge in [-0.05, 0) is 6.92 Å². The van der Waals surface area contributed by atoms with Gasteiger partial charge in [0.25, 0.3) is 5.56 Å². The van der Waals surface area contributed by atoms with Gasteiger partial charge in [0.15, 0.2) is 5.57 Å². The van der Waals surface area contributed by atoms with Gasteiger partial charge in [0, 0.05) is 6.54 Å². The molecule has 0 radical (unpaired) electrons. The van der Waals surface area contributed by atoms with E-state index in [2.05, 4.69) is 6.58 Å². The van der Waals surface area contributed by atoms with E-state index >= 15 is 0 Å². The number of aromatic nitrogens is 1. The molecule has 1 aromatic heterocycles. The molecule has 0 aliphatic rings. The summed E-state index contributed by atoms with van der Waals surface area (Å²) < 4.78 is 1.63. The van der Waals surface area contributed by atoms with Crippen molar-refractivity contribution in [1.29, 1.82) is 5.26 Å².